The van der Waals surface area contributed by atoms with Crippen LogP contribution in [0, 0.1) is 29.1 Å². The van der Waals surface area contributed by atoms with E-state index in [9.17, 15) is 9.59 Å². The van der Waals surface area contributed by atoms with Crippen LogP contribution in [-0.4, -0.2) is 17.9 Å². The summed E-state index contributed by atoms with van der Waals surface area (Å²) in [4.78, 5) is 24.1. The summed E-state index contributed by atoms with van der Waals surface area (Å²) in [5.74, 6) is 2.37. The van der Waals surface area contributed by atoms with E-state index in [4.69, 9.17) is 4.74 Å². The van der Waals surface area contributed by atoms with Gasteiger partial charge in [-0.15, -0.1) is 0 Å². The van der Waals surface area contributed by atoms with Crippen LogP contribution in [0.2, 0.25) is 0 Å². The Morgan fingerprint density at radius 1 is 1.29 bits per heavy atom. The van der Waals surface area contributed by atoms with Crippen molar-refractivity contribution < 1.29 is 14.3 Å². The Labute approximate surface area is 171 Å². The molecule has 0 aromatic carbocycles. The van der Waals surface area contributed by atoms with E-state index in [0.29, 0.717) is 36.5 Å². The molecular weight excluding hydrogens is 348 g/mol. The molecule has 3 heteroatoms. The number of hydrogen-bond acceptors (Lipinski definition) is 3. The molecule has 1 saturated carbocycles. The van der Waals surface area contributed by atoms with Crippen molar-refractivity contribution in [1.29, 1.82) is 0 Å². The molecule has 156 valence electrons. The molecule has 5 atom stereocenters. The molecule has 0 saturated heterocycles. The summed E-state index contributed by atoms with van der Waals surface area (Å²) in [5.41, 5.74) is 2.77. The topological polar surface area (TPSA) is 43.4 Å². The summed E-state index contributed by atoms with van der Waals surface area (Å²) in [6.45, 7) is 11.2. The van der Waals surface area contributed by atoms with Crippen LogP contribution >= 0.6 is 0 Å². The fraction of sp³-hybridized carbons (Fsp3) is 0.760. The first-order valence-electron chi connectivity index (χ1n) is 11.4. The zero-order chi connectivity index (χ0) is 20.5. The molecule has 0 N–H and O–H groups in total. The van der Waals surface area contributed by atoms with E-state index in [1.165, 1.54) is 5.57 Å². The lowest BCUT2D eigenvalue weighted by Gasteiger charge is -2.47. The van der Waals surface area contributed by atoms with Crippen molar-refractivity contribution in [3.05, 3.63) is 23.3 Å². The van der Waals surface area contributed by atoms with Crippen LogP contribution < -0.4 is 0 Å². The molecule has 3 aliphatic rings. The van der Waals surface area contributed by atoms with Gasteiger partial charge in [-0.1, -0.05) is 51.3 Å². The second-order valence-electron chi connectivity index (χ2n) is 9.83. The minimum Gasteiger partial charge on any atom is -0.462 e. The zero-order valence-corrected chi connectivity index (χ0v) is 18.4. The summed E-state index contributed by atoms with van der Waals surface area (Å²) in [6.07, 6.45) is 11.7. The maximum absolute atomic E-state index is 12.2. The smallest absolute Gasteiger partial charge is 0.306 e. The number of hydrogen-bond donors (Lipinski definition) is 0. The van der Waals surface area contributed by atoms with Gasteiger partial charge in [0.15, 0.2) is 5.78 Å². The van der Waals surface area contributed by atoms with Crippen LogP contribution in [0.15, 0.2) is 23.3 Å². The molecule has 5 unspecified atom stereocenters. The minimum absolute atomic E-state index is 0.00368. The highest BCUT2D eigenvalue weighted by Crippen LogP contribution is 2.56. The van der Waals surface area contributed by atoms with E-state index in [1.54, 1.807) is 5.57 Å². The van der Waals surface area contributed by atoms with E-state index in [-0.39, 0.29) is 23.3 Å². The number of ketones is 1. The SMILES string of the molecule is CCCCC(=O)OC1CCC2C1CC=C(C1(C)CCC(=O)C=C1C)C2C(C)C. The normalized spacial score (nSPS) is 35.4. The van der Waals surface area contributed by atoms with E-state index in [2.05, 4.69) is 40.7 Å². The predicted octanol–water partition coefficient (Wildman–Crippen LogP) is 6.03. The summed E-state index contributed by atoms with van der Waals surface area (Å²) in [7, 11) is 0. The van der Waals surface area contributed by atoms with Crippen LogP contribution in [0.3, 0.4) is 0 Å². The second kappa shape index (κ2) is 8.55. The van der Waals surface area contributed by atoms with Crippen LogP contribution in [0.1, 0.15) is 86.0 Å². The van der Waals surface area contributed by atoms with Gasteiger partial charge >= 0.3 is 5.97 Å². The molecule has 1 fully saturated rings. The standard InChI is InChI=1S/C25H38O3/c1-6-7-8-23(27)28-22-12-10-20-19(22)9-11-21(24(20)16(2)3)25(5)14-13-18(26)15-17(25)4/h11,15-16,19-20,22,24H,6-10,12-14H2,1-5H3. The number of carbonyl (C=O) groups excluding carboxylic acids is 2. The Kier molecular flexibility index (Phi) is 6.51. The fourth-order valence-electron chi connectivity index (χ4n) is 6.02. The van der Waals surface area contributed by atoms with Crippen LogP contribution in [0.25, 0.3) is 0 Å². The summed E-state index contributed by atoms with van der Waals surface area (Å²) < 4.78 is 5.93. The highest BCUT2D eigenvalue weighted by molar-refractivity contribution is 5.91. The number of allylic oxidation sites excluding steroid dienone is 4. The number of ether oxygens (including phenoxy) is 1. The molecule has 0 aliphatic heterocycles. The van der Waals surface area contributed by atoms with E-state index in [0.717, 1.165) is 38.5 Å². The largest absolute Gasteiger partial charge is 0.462 e. The quantitative estimate of drug-likeness (QED) is 0.413. The lowest BCUT2D eigenvalue weighted by atomic mass is 9.57. The molecule has 3 nitrogen and oxygen atoms in total. The number of unbranched alkanes of at least 4 members (excludes halogenated alkanes) is 1. The summed E-state index contributed by atoms with van der Waals surface area (Å²) in [6, 6.07) is 0. The van der Waals surface area contributed by atoms with E-state index >= 15 is 0 Å². The molecule has 0 amide bonds. The first kappa shape index (κ1) is 21.3. The third kappa shape index (κ3) is 4.00. The lowest BCUT2D eigenvalue weighted by Crippen LogP contribution is -2.40. The van der Waals surface area contributed by atoms with Crippen molar-refractivity contribution in [2.45, 2.75) is 92.1 Å². The third-order valence-electron chi connectivity index (χ3n) is 7.73. The predicted molar refractivity (Wildman–Crippen MR) is 113 cm³/mol. The molecule has 28 heavy (non-hydrogen) atoms. The Hall–Kier alpha value is -1.38. The highest BCUT2D eigenvalue weighted by atomic mass is 16.5. The molecule has 3 aliphatic carbocycles. The van der Waals surface area contributed by atoms with Gasteiger partial charge in [-0.25, -0.2) is 0 Å². The van der Waals surface area contributed by atoms with Crippen molar-refractivity contribution >= 4 is 11.8 Å². The summed E-state index contributed by atoms with van der Waals surface area (Å²) >= 11 is 0. The minimum atomic E-state index is -0.0140. The number of esters is 1. The molecule has 0 spiro atoms. The number of carbonyl (C=O) groups is 2. The Balaban J connectivity index is 1.83. The Morgan fingerprint density at radius 2 is 2.04 bits per heavy atom. The van der Waals surface area contributed by atoms with Gasteiger partial charge in [0.2, 0.25) is 0 Å². The van der Waals surface area contributed by atoms with Crippen LogP contribution in [0.5, 0.6) is 0 Å². The number of rotatable bonds is 6. The van der Waals surface area contributed by atoms with Gasteiger partial charge in [0.1, 0.15) is 6.10 Å². The second-order valence-corrected chi connectivity index (χ2v) is 9.83. The first-order chi connectivity index (χ1) is 13.3. The Bertz CT molecular complexity index is 671. The molecule has 3 rings (SSSR count). The molecule has 0 heterocycles. The average molecular weight is 387 g/mol. The van der Waals surface area contributed by atoms with Gasteiger partial charge in [-0.2, -0.15) is 0 Å². The molecular formula is C25H38O3. The van der Waals surface area contributed by atoms with Crippen molar-refractivity contribution in [1.82, 2.24) is 0 Å². The summed E-state index contributed by atoms with van der Waals surface area (Å²) in [5, 5.41) is 0. The number of fused-ring (bicyclic) bond motifs is 1. The zero-order valence-electron chi connectivity index (χ0n) is 18.4. The van der Waals surface area contributed by atoms with Gasteiger partial charge < -0.3 is 4.74 Å². The van der Waals surface area contributed by atoms with Gasteiger partial charge in [0.25, 0.3) is 0 Å². The van der Waals surface area contributed by atoms with Crippen molar-refractivity contribution in [3.63, 3.8) is 0 Å². The molecule has 0 aromatic heterocycles. The molecule has 0 bridgehead atoms. The maximum Gasteiger partial charge on any atom is 0.306 e. The highest BCUT2D eigenvalue weighted by Gasteiger charge is 2.49. The van der Waals surface area contributed by atoms with Gasteiger partial charge in [-0.3, -0.25) is 9.59 Å². The van der Waals surface area contributed by atoms with Crippen molar-refractivity contribution in [2.24, 2.45) is 29.1 Å². The molecule has 0 radical (unpaired) electrons. The average Bonchev–Trinajstić information content (AvgIpc) is 3.05. The Morgan fingerprint density at radius 3 is 2.68 bits per heavy atom. The first-order valence-corrected chi connectivity index (χ1v) is 11.4. The van der Waals surface area contributed by atoms with E-state index < -0.39 is 0 Å². The lowest BCUT2D eigenvalue weighted by molar-refractivity contribution is -0.151. The fourth-order valence-corrected chi connectivity index (χ4v) is 6.02. The van der Waals surface area contributed by atoms with E-state index in [1.807, 2.05) is 6.08 Å². The van der Waals surface area contributed by atoms with Crippen molar-refractivity contribution in [3.8, 4) is 0 Å². The van der Waals surface area contributed by atoms with Gasteiger partial charge in [-0.05, 0) is 62.9 Å². The monoisotopic (exact) mass is 386 g/mol. The van der Waals surface area contributed by atoms with Gasteiger partial charge in [0, 0.05) is 24.2 Å². The van der Waals surface area contributed by atoms with Crippen LogP contribution in [0.4, 0.5) is 0 Å². The van der Waals surface area contributed by atoms with Crippen LogP contribution in [-0.2, 0) is 14.3 Å². The van der Waals surface area contributed by atoms with Gasteiger partial charge in [0.05, 0.1) is 0 Å². The maximum atomic E-state index is 12.2. The van der Waals surface area contributed by atoms with Crippen molar-refractivity contribution in [2.75, 3.05) is 0 Å². The molecule has 0 aromatic rings. The third-order valence-corrected chi connectivity index (χ3v) is 7.73.